The molecule has 0 unspecified atom stereocenters. The summed E-state index contributed by atoms with van der Waals surface area (Å²) in [4.78, 5) is 16.2. The number of hydrogen-bond acceptors (Lipinski definition) is 6. The van der Waals surface area contributed by atoms with Crippen LogP contribution in [0.25, 0.3) is 5.69 Å². The smallest absolute Gasteiger partial charge is 0.291 e. The predicted octanol–water partition coefficient (Wildman–Crippen LogP) is 2.19. The maximum Gasteiger partial charge on any atom is 0.291 e. The van der Waals surface area contributed by atoms with Gasteiger partial charge in [-0.15, -0.1) is 0 Å². The van der Waals surface area contributed by atoms with Gasteiger partial charge < -0.3 is 9.73 Å². The molecule has 0 saturated heterocycles. The van der Waals surface area contributed by atoms with Gasteiger partial charge in [0.1, 0.15) is 12.7 Å². The number of carbonyl (C=O) groups is 1. The van der Waals surface area contributed by atoms with Crippen molar-refractivity contribution in [2.75, 3.05) is 5.32 Å². The zero-order chi connectivity index (χ0) is 19.7. The van der Waals surface area contributed by atoms with Gasteiger partial charge in [0.05, 0.1) is 5.69 Å². The molecular formula is C17H19N5O4S. The molecule has 1 amide bonds. The Labute approximate surface area is 156 Å². The van der Waals surface area contributed by atoms with Crippen LogP contribution in [0.3, 0.4) is 0 Å². The molecule has 9 nitrogen and oxygen atoms in total. The van der Waals surface area contributed by atoms with Crippen molar-refractivity contribution in [3.05, 3.63) is 54.8 Å². The first kappa shape index (κ1) is 18.8. The van der Waals surface area contributed by atoms with Gasteiger partial charge in [0.2, 0.25) is 5.09 Å². The molecule has 0 spiro atoms. The fourth-order valence-electron chi connectivity index (χ4n) is 2.27. The molecule has 0 aliphatic carbocycles. The van der Waals surface area contributed by atoms with E-state index < -0.39 is 21.5 Å². The van der Waals surface area contributed by atoms with Gasteiger partial charge in [0.25, 0.3) is 15.9 Å². The first-order chi connectivity index (χ1) is 12.6. The van der Waals surface area contributed by atoms with Crippen LogP contribution < -0.4 is 10.0 Å². The molecule has 0 atom stereocenters. The molecule has 1 aromatic carbocycles. The highest BCUT2D eigenvalue weighted by Gasteiger charge is 2.26. The Morgan fingerprint density at radius 1 is 1.11 bits per heavy atom. The lowest BCUT2D eigenvalue weighted by atomic mass is 10.1. The van der Waals surface area contributed by atoms with Crippen LogP contribution in [0.15, 0.2) is 58.6 Å². The second-order valence-electron chi connectivity index (χ2n) is 6.82. The van der Waals surface area contributed by atoms with Crippen LogP contribution in [0.2, 0.25) is 0 Å². The molecule has 27 heavy (non-hydrogen) atoms. The van der Waals surface area contributed by atoms with Gasteiger partial charge in [-0.05, 0) is 57.2 Å². The second-order valence-corrected chi connectivity index (χ2v) is 8.43. The monoisotopic (exact) mass is 389 g/mol. The van der Waals surface area contributed by atoms with E-state index >= 15 is 0 Å². The first-order valence-electron chi connectivity index (χ1n) is 8.04. The van der Waals surface area contributed by atoms with E-state index in [9.17, 15) is 13.2 Å². The molecular weight excluding hydrogens is 370 g/mol. The zero-order valence-electron chi connectivity index (χ0n) is 15.0. The minimum atomic E-state index is -3.85. The number of aromatic nitrogens is 3. The third-order valence-electron chi connectivity index (χ3n) is 3.32. The largest absolute Gasteiger partial charge is 0.438 e. The zero-order valence-corrected chi connectivity index (χ0v) is 15.8. The van der Waals surface area contributed by atoms with E-state index in [1.807, 2.05) is 0 Å². The molecule has 3 aromatic rings. The molecule has 0 saturated carbocycles. The van der Waals surface area contributed by atoms with E-state index in [0.717, 1.165) is 5.69 Å². The lowest BCUT2D eigenvalue weighted by molar-refractivity contribution is 0.0991. The third-order valence-corrected chi connectivity index (χ3v) is 4.95. The summed E-state index contributed by atoms with van der Waals surface area (Å²) in [6, 6.07) is 9.46. The SMILES string of the molecule is CC(C)(C)NS(=O)(=O)c1ccc(C(=O)Nc2ccc(-n3cncn3)cc2)o1. The lowest BCUT2D eigenvalue weighted by Crippen LogP contribution is -2.40. The molecule has 142 valence electrons. The van der Waals surface area contributed by atoms with Crippen molar-refractivity contribution < 1.29 is 17.6 Å². The Hall–Kier alpha value is -2.98. The number of amides is 1. The number of nitrogens with one attached hydrogen (secondary N) is 2. The van der Waals surface area contributed by atoms with Gasteiger partial charge in [-0.2, -0.15) is 5.10 Å². The van der Waals surface area contributed by atoms with E-state index in [1.165, 1.54) is 18.5 Å². The summed E-state index contributed by atoms with van der Waals surface area (Å²) >= 11 is 0. The molecule has 0 aliphatic rings. The molecule has 0 bridgehead atoms. The number of nitrogens with zero attached hydrogens (tertiary/aromatic N) is 3. The Balaban J connectivity index is 1.71. The molecule has 2 heterocycles. The van der Waals surface area contributed by atoms with Gasteiger partial charge in [-0.25, -0.2) is 22.8 Å². The molecule has 10 heteroatoms. The molecule has 0 radical (unpaired) electrons. The number of benzene rings is 1. The fraction of sp³-hybridized carbons (Fsp3) is 0.235. The normalized spacial score (nSPS) is 12.1. The summed E-state index contributed by atoms with van der Waals surface area (Å²) in [5, 5.41) is 6.35. The van der Waals surface area contributed by atoms with Gasteiger partial charge in [0.15, 0.2) is 5.76 Å². The summed E-state index contributed by atoms with van der Waals surface area (Å²) in [6.07, 6.45) is 2.98. The van der Waals surface area contributed by atoms with Crippen molar-refractivity contribution in [2.24, 2.45) is 0 Å². The average Bonchev–Trinajstić information content (AvgIpc) is 3.26. The highest BCUT2D eigenvalue weighted by atomic mass is 32.2. The van der Waals surface area contributed by atoms with Crippen LogP contribution in [0.1, 0.15) is 31.3 Å². The standard InChI is InChI=1S/C17H19N5O4S/c1-17(2,3)21-27(24,25)15-9-8-14(26-15)16(23)20-12-4-6-13(7-5-12)22-11-18-10-19-22/h4-11,21H,1-3H3,(H,20,23). The minimum absolute atomic E-state index is 0.107. The number of rotatable bonds is 5. The molecule has 3 rings (SSSR count). The Kier molecular flexibility index (Phi) is 4.85. The van der Waals surface area contributed by atoms with Gasteiger partial charge in [-0.3, -0.25) is 4.79 Å². The van der Waals surface area contributed by atoms with Crippen molar-refractivity contribution in [3.63, 3.8) is 0 Å². The van der Waals surface area contributed by atoms with Crippen LogP contribution >= 0.6 is 0 Å². The number of furan rings is 1. The molecule has 2 N–H and O–H groups in total. The third kappa shape index (κ3) is 4.60. The summed E-state index contributed by atoms with van der Waals surface area (Å²) in [5.41, 5.74) is 0.641. The highest BCUT2D eigenvalue weighted by molar-refractivity contribution is 7.89. The van der Waals surface area contributed by atoms with Gasteiger partial charge in [-0.1, -0.05) is 0 Å². The van der Waals surface area contributed by atoms with Crippen LogP contribution in [0, 0.1) is 0 Å². The van der Waals surface area contributed by atoms with Crippen LogP contribution in [-0.4, -0.2) is 34.6 Å². The van der Waals surface area contributed by atoms with Gasteiger partial charge in [0, 0.05) is 11.2 Å². The summed E-state index contributed by atoms with van der Waals surface area (Å²) < 4.78 is 33.8. The maximum absolute atomic E-state index is 12.3. The van der Waals surface area contributed by atoms with E-state index in [1.54, 1.807) is 56.0 Å². The quantitative estimate of drug-likeness (QED) is 0.690. The topological polar surface area (TPSA) is 119 Å². The van der Waals surface area contributed by atoms with Crippen LogP contribution in [0.4, 0.5) is 5.69 Å². The van der Waals surface area contributed by atoms with Gasteiger partial charge >= 0.3 is 0 Å². The Bertz CT molecular complexity index is 1030. The van der Waals surface area contributed by atoms with E-state index in [2.05, 4.69) is 20.1 Å². The van der Waals surface area contributed by atoms with E-state index in [0.29, 0.717) is 5.69 Å². The van der Waals surface area contributed by atoms with Crippen molar-refractivity contribution in [2.45, 2.75) is 31.4 Å². The summed E-state index contributed by atoms with van der Waals surface area (Å²) in [5.74, 6) is -0.662. The van der Waals surface area contributed by atoms with Crippen LogP contribution in [0.5, 0.6) is 0 Å². The Morgan fingerprint density at radius 3 is 2.41 bits per heavy atom. The van der Waals surface area contributed by atoms with E-state index in [-0.39, 0.29) is 10.9 Å². The van der Waals surface area contributed by atoms with Crippen LogP contribution in [-0.2, 0) is 10.0 Å². The number of carbonyl (C=O) groups excluding carboxylic acids is 1. The second kappa shape index (κ2) is 6.97. The van der Waals surface area contributed by atoms with E-state index in [4.69, 9.17) is 4.42 Å². The fourth-order valence-corrected chi connectivity index (χ4v) is 3.63. The lowest BCUT2D eigenvalue weighted by Gasteiger charge is -2.18. The first-order valence-corrected chi connectivity index (χ1v) is 9.53. The Morgan fingerprint density at radius 2 is 1.81 bits per heavy atom. The summed E-state index contributed by atoms with van der Waals surface area (Å²) in [6.45, 7) is 5.14. The number of anilines is 1. The highest BCUT2D eigenvalue weighted by Crippen LogP contribution is 2.18. The van der Waals surface area contributed by atoms with Crippen molar-refractivity contribution in [1.29, 1.82) is 0 Å². The minimum Gasteiger partial charge on any atom is -0.438 e. The molecule has 0 aliphatic heterocycles. The van der Waals surface area contributed by atoms with Crippen molar-refractivity contribution in [1.82, 2.24) is 19.5 Å². The average molecular weight is 389 g/mol. The molecule has 2 aromatic heterocycles. The molecule has 0 fully saturated rings. The van der Waals surface area contributed by atoms with Crippen molar-refractivity contribution in [3.8, 4) is 5.69 Å². The number of sulfonamides is 1. The van der Waals surface area contributed by atoms with Crippen molar-refractivity contribution >= 4 is 21.6 Å². The summed E-state index contributed by atoms with van der Waals surface area (Å²) in [7, 11) is -3.85. The predicted molar refractivity (Wildman–Crippen MR) is 98.1 cm³/mol. The maximum atomic E-state index is 12.3. The number of hydrogen-bond donors (Lipinski definition) is 2.